The van der Waals surface area contributed by atoms with Crippen LogP contribution in [0, 0.1) is 5.82 Å². The van der Waals surface area contributed by atoms with Gasteiger partial charge in [-0.15, -0.1) is 0 Å². The maximum atomic E-state index is 14.1. The van der Waals surface area contributed by atoms with E-state index in [4.69, 9.17) is 11.6 Å². The molecule has 0 unspecified atom stereocenters. The van der Waals surface area contributed by atoms with E-state index in [-0.39, 0.29) is 5.82 Å². The fourth-order valence-electron chi connectivity index (χ4n) is 3.30. The molecule has 1 aromatic carbocycles. The Bertz CT molecular complexity index is 866. The van der Waals surface area contributed by atoms with E-state index < -0.39 is 0 Å². The monoisotopic (exact) mass is 396 g/mol. The Balaban J connectivity index is 1.96. The minimum Gasteiger partial charge on any atom is -0.344 e. The highest BCUT2D eigenvalue weighted by Crippen LogP contribution is 2.38. The lowest BCUT2D eigenvalue weighted by molar-refractivity contribution is 0.376. The molecule has 0 aliphatic carbocycles. The minimum atomic E-state index is -0.254. The third-order valence-corrected chi connectivity index (χ3v) is 5.36. The number of nitrogens with zero attached hydrogens (tertiary/aromatic N) is 2. The highest BCUT2D eigenvalue weighted by Gasteiger charge is 2.21. The van der Waals surface area contributed by atoms with Crippen molar-refractivity contribution in [3.05, 3.63) is 40.0 Å². The van der Waals surface area contributed by atoms with Crippen LogP contribution in [0.5, 0.6) is 0 Å². The molecular formula is C16H15BrClFN4. The SMILES string of the molecule is Fc1cc2c(cc1Br)c(-c1cn[nH]c1Cl)cn2C1CCNCC1. The van der Waals surface area contributed by atoms with E-state index >= 15 is 0 Å². The molecule has 0 amide bonds. The number of piperidine rings is 1. The second kappa shape index (κ2) is 5.92. The summed E-state index contributed by atoms with van der Waals surface area (Å²) in [6.45, 7) is 1.95. The molecule has 3 heterocycles. The van der Waals surface area contributed by atoms with Crippen molar-refractivity contribution in [2.45, 2.75) is 18.9 Å². The molecule has 23 heavy (non-hydrogen) atoms. The van der Waals surface area contributed by atoms with Gasteiger partial charge < -0.3 is 9.88 Å². The Morgan fingerprint density at radius 1 is 1.26 bits per heavy atom. The summed E-state index contributed by atoms with van der Waals surface area (Å²) >= 11 is 9.50. The summed E-state index contributed by atoms with van der Waals surface area (Å²) < 4.78 is 16.7. The second-order valence-electron chi connectivity index (χ2n) is 5.81. The zero-order chi connectivity index (χ0) is 16.0. The molecule has 2 N–H and O–H groups in total. The smallest absolute Gasteiger partial charge is 0.139 e. The van der Waals surface area contributed by atoms with Crippen molar-refractivity contribution in [1.29, 1.82) is 0 Å². The van der Waals surface area contributed by atoms with Gasteiger partial charge in [0.1, 0.15) is 11.0 Å². The molecule has 7 heteroatoms. The van der Waals surface area contributed by atoms with E-state index in [2.05, 4.69) is 42.2 Å². The van der Waals surface area contributed by atoms with Crippen LogP contribution < -0.4 is 5.32 Å². The first-order chi connectivity index (χ1) is 11.1. The van der Waals surface area contributed by atoms with Gasteiger partial charge in [0, 0.05) is 28.8 Å². The zero-order valence-corrected chi connectivity index (χ0v) is 14.6. The maximum absolute atomic E-state index is 14.1. The number of hydrogen-bond donors (Lipinski definition) is 2. The Kier molecular flexibility index (Phi) is 3.91. The van der Waals surface area contributed by atoms with Crippen molar-refractivity contribution in [1.82, 2.24) is 20.1 Å². The first kappa shape index (κ1) is 15.2. The van der Waals surface area contributed by atoms with Gasteiger partial charge in [0.2, 0.25) is 0 Å². The van der Waals surface area contributed by atoms with Crippen molar-refractivity contribution in [2.24, 2.45) is 0 Å². The first-order valence-corrected chi connectivity index (χ1v) is 8.72. The molecule has 0 bridgehead atoms. The number of H-pyrrole nitrogens is 1. The van der Waals surface area contributed by atoms with Gasteiger partial charge in [0.15, 0.2) is 0 Å². The summed E-state index contributed by atoms with van der Waals surface area (Å²) in [7, 11) is 0. The molecule has 1 aliphatic heterocycles. The molecule has 1 saturated heterocycles. The molecule has 2 aromatic heterocycles. The number of aromatic amines is 1. The van der Waals surface area contributed by atoms with Crippen LogP contribution in [0.2, 0.25) is 5.15 Å². The van der Waals surface area contributed by atoms with Crippen LogP contribution in [0.4, 0.5) is 4.39 Å². The number of hydrogen-bond acceptors (Lipinski definition) is 2. The largest absolute Gasteiger partial charge is 0.344 e. The molecule has 1 fully saturated rings. The second-order valence-corrected chi connectivity index (χ2v) is 7.04. The minimum absolute atomic E-state index is 0.254. The number of nitrogens with one attached hydrogen (secondary N) is 2. The van der Waals surface area contributed by atoms with E-state index in [1.807, 2.05) is 6.07 Å². The van der Waals surface area contributed by atoms with Gasteiger partial charge in [-0.1, -0.05) is 11.6 Å². The van der Waals surface area contributed by atoms with Crippen LogP contribution in [0.3, 0.4) is 0 Å². The number of fused-ring (bicyclic) bond motifs is 1. The Morgan fingerprint density at radius 2 is 2.04 bits per heavy atom. The van der Waals surface area contributed by atoms with E-state index in [9.17, 15) is 4.39 Å². The van der Waals surface area contributed by atoms with E-state index in [0.29, 0.717) is 15.7 Å². The topological polar surface area (TPSA) is 45.6 Å². The first-order valence-electron chi connectivity index (χ1n) is 7.54. The summed E-state index contributed by atoms with van der Waals surface area (Å²) in [4.78, 5) is 0. The predicted molar refractivity (Wildman–Crippen MR) is 93.3 cm³/mol. The summed E-state index contributed by atoms with van der Waals surface area (Å²) in [5, 5.41) is 11.6. The van der Waals surface area contributed by atoms with Crippen molar-refractivity contribution < 1.29 is 4.39 Å². The van der Waals surface area contributed by atoms with E-state index in [0.717, 1.165) is 48.0 Å². The van der Waals surface area contributed by atoms with E-state index in [1.165, 1.54) is 0 Å². The van der Waals surface area contributed by atoms with Crippen LogP contribution in [-0.2, 0) is 0 Å². The van der Waals surface area contributed by atoms with Gasteiger partial charge in [-0.3, -0.25) is 5.10 Å². The van der Waals surface area contributed by atoms with E-state index in [1.54, 1.807) is 12.3 Å². The van der Waals surface area contributed by atoms with Gasteiger partial charge in [-0.2, -0.15) is 5.10 Å². The third kappa shape index (κ3) is 2.58. The number of rotatable bonds is 2. The maximum Gasteiger partial charge on any atom is 0.139 e. The lowest BCUT2D eigenvalue weighted by Crippen LogP contribution is -2.29. The fraction of sp³-hybridized carbons (Fsp3) is 0.312. The number of aromatic nitrogens is 3. The Hall–Kier alpha value is -1.37. The molecule has 0 saturated carbocycles. The molecule has 0 spiro atoms. The summed E-state index contributed by atoms with van der Waals surface area (Å²) in [6.07, 6.45) is 5.84. The molecular weight excluding hydrogens is 383 g/mol. The third-order valence-electron chi connectivity index (χ3n) is 4.46. The summed E-state index contributed by atoms with van der Waals surface area (Å²) in [6, 6.07) is 3.78. The Morgan fingerprint density at radius 3 is 2.74 bits per heavy atom. The van der Waals surface area contributed by atoms with Gasteiger partial charge in [0.25, 0.3) is 0 Å². The van der Waals surface area contributed by atoms with Gasteiger partial charge in [-0.25, -0.2) is 4.39 Å². The van der Waals surface area contributed by atoms with Gasteiger partial charge in [-0.05, 0) is 54.0 Å². The van der Waals surface area contributed by atoms with Gasteiger partial charge in [0.05, 0.1) is 16.2 Å². The van der Waals surface area contributed by atoms with Crippen LogP contribution >= 0.6 is 27.5 Å². The van der Waals surface area contributed by atoms with Gasteiger partial charge >= 0.3 is 0 Å². The van der Waals surface area contributed by atoms with Crippen molar-refractivity contribution >= 4 is 38.4 Å². The van der Waals surface area contributed by atoms with Crippen LogP contribution in [0.15, 0.2) is 29.0 Å². The molecule has 120 valence electrons. The normalized spacial score (nSPS) is 16.3. The van der Waals surface area contributed by atoms with Crippen LogP contribution in [0.1, 0.15) is 18.9 Å². The highest BCUT2D eigenvalue weighted by molar-refractivity contribution is 9.10. The van der Waals surface area contributed by atoms with Crippen molar-refractivity contribution in [3.8, 4) is 11.1 Å². The van der Waals surface area contributed by atoms with Crippen molar-refractivity contribution in [2.75, 3.05) is 13.1 Å². The van der Waals surface area contributed by atoms with Crippen molar-refractivity contribution in [3.63, 3.8) is 0 Å². The molecule has 1 aliphatic rings. The predicted octanol–water partition coefficient (Wildman–Crippen LogP) is 4.51. The summed E-state index contributed by atoms with van der Waals surface area (Å²) in [5.74, 6) is -0.254. The zero-order valence-electron chi connectivity index (χ0n) is 12.2. The lowest BCUT2D eigenvalue weighted by atomic mass is 10.1. The molecule has 3 aromatic rings. The quantitative estimate of drug-likeness (QED) is 0.668. The molecule has 0 radical (unpaired) electrons. The molecule has 0 atom stereocenters. The fourth-order valence-corrected chi connectivity index (χ4v) is 3.85. The standard InChI is InChI=1S/C16H15BrClFN4/c17-13-5-10-12(11-7-21-22-16(11)18)8-23(15(10)6-14(13)19)9-1-3-20-4-2-9/h5-9,20H,1-4H2,(H,21,22). The number of benzene rings is 1. The number of halogens is 3. The molecule has 4 nitrogen and oxygen atoms in total. The summed E-state index contributed by atoms with van der Waals surface area (Å²) in [5.41, 5.74) is 2.70. The molecule has 4 rings (SSSR count). The van der Waals surface area contributed by atoms with Crippen LogP contribution in [-0.4, -0.2) is 27.9 Å². The lowest BCUT2D eigenvalue weighted by Gasteiger charge is -2.25. The average Bonchev–Trinajstić information content (AvgIpc) is 3.12. The Labute approximate surface area is 146 Å². The average molecular weight is 398 g/mol. The highest BCUT2D eigenvalue weighted by atomic mass is 79.9. The van der Waals surface area contributed by atoms with Crippen LogP contribution in [0.25, 0.3) is 22.0 Å².